The molecule has 0 spiro atoms. The van der Waals surface area contributed by atoms with Gasteiger partial charge in [-0.3, -0.25) is 4.79 Å². The summed E-state index contributed by atoms with van der Waals surface area (Å²) >= 11 is 0. The average molecular weight is 291 g/mol. The number of esters is 1. The molecule has 2 N–H and O–H groups in total. The molecule has 0 heterocycles. The number of halogens is 3. The number of carbonyl (C=O) groups excluding carboxylic acids is 1. The summed E-state index contributed by atoms with van der Waals surface area (Å²) in [6, 6.07) is 2.27. The molecule has 4 nitrogen and oxygen atoms in total. The van der Waals surface area contributed by atoms with E-state index in [1.807, 2.05) is 0 Å². The number of hydrogen-bond donors (Lipinski definition) is 1. The average Bonchev–Trinajstić information content (AvgIpc) is 2.37. The van der Waals surface area contributed by atoms with Gasteiger partial charge in [0, 0.05) is 6.04 Å². The minimum atomic E-state index is -4.51. The molecule has 0 saturated carbocycles. The van der Waals surface area contributed by atoms with Gasteiger partial charge in [0.15, 0.2) is 0 Å². The van der Waals surface area contributed by atoms with Crippen LogP contribution in [-0.4, -0.2) is 19.7 Å². The van der Waals surface area contributed by atoms with Crippen molar-refractivity contribution in [3.63, 3.8) is 0 Å². The molecule has 0 fully saturated rings. The number of methoxy groups -OCH3 is 1. The minimum absolute atomic E-state index is 0.0362. The first-order chi connectivity index (χ1) is 9.27. The molecule has 1 aromatic rings. The number of rotatable bonds is 5. The van der Waals surface area contributed by atoms with Crippen molar-refractivity contribution in [2.75, 3.05) is 13.7 Å². The van der Waals surface area contributed by atoms with Crippen molar-refractivity contribution >= 4 is 5.97 Å². The summed E-state index contributed by atoms with van der Waals surface area (Å²) in [6.07, 6.45) is -4.70. The Bertz CT molecular complexity index is 474. The molecule has 0 radical (unpaired) electrons. The maximum atomic E-state index is 12.7. The monoisotopic (exact) mass is 291 g/mol. The van der Waals surface area contributed by atoms with Crippen LogP contribution in [0.15, 0.2) is 18.2 Å². The van der Waals surface area contributed by atoms with Crippen molar-refractivity contribution in [2.45, 2.75) is 25.6 Å². The van der Waals surface area contributed by atoms with Gasteiger partial charge in [-0.1, -0.05) is 0 Å². The van der Waals surface area contributed by atoms with Crippen molar-refractivity contribution in [2.24, 2.45) is 5.73 Å². The van der Waals surface area contributed by atoms with Crippen LogP contribution in [0.25, 0.3) is 0 Å². The molecule has 7 heteroatoms. The predicted molar refractivity (Wildman–Crippen MR) is 66.2 cm³/mol. The second kappa shape index (κ2) is 6.60. The fourth-order valence-corrected chi connectivity index (χ4v) is 1.64. The Labute approximate surface area is 114 Å². The quantitative estimate of drug-likeness (QED) is 0.847. The lowest BCUT2D eigenvalue weighted by atomic mass is 10.0. The summed E-state index contributed by atoms with van der Waals surface area (Å²) < 4.78 is 47.8. The van der Waals surface area contributed by atoms with Gasteiger partial charge in [0.25, 0.3) is 0 Å². The first-order valence-corrected chi connectivity index (χ1v) is 5.95. The van der Waals surface area contributed by atoms with E-state index in [2.05, 4.69) is 0 Å². The molecule has 1 aromatic carbocycles. The summed E-state index contributed by atoms with van der Waals surface area (Å²) in [4.78, 5) is 11.3. The Kier molecular flexibility index (Phi) is 5.38. The third kappa shape index (κ3) is 4.41. The summed E-state index contributed by atoms with van der Waals surface area (Å²) in [5.74, 6) is -0.523. The molecule has 112 valence electrons. The van der Waals surface area contributed by atoms with Crippen molar-refractivity contribution < 1.29 is 27.4 Å². The highest BCUT2D eigenvalue weighted by molar-refractivity contribution is 5.70. The Morgan fingerprint density at radius 1 is 1.35 bits per heavy atom. The van der Waals surface area contributed by atoms with Crippen LogP contribution in [0, 0.1) is 0 Å². The third-order valence-electron chi connectivity index (χ3n) is 2.61. The fourth-order valence-electron chi connectivity index (χ4n) is 1.64. The van der Waals surface area contributed by atoms with Gasteiger partial charge < -0.3 is 15.2 Å². The minimum Gasteiger partial charge on any atom is -0.497 e. The molecule has 0 aliphatic carbocycles. The maximum Gasteiger partial charge on any atom is 0.416 e. The van der Waals surface area contributed by atoms with E-state index in [1.165, 1.54) is 13.2 Å². The normalized spacial score (nSPS) is 12.9. The van der Waals surface area contributed by atoms with E-state index in [-0.39, 0.29) is 24.3 Å². The molecule has 0 bridgehead atoms. The predicted octanol–water partition coefficient (Wildman–Crippen LogP) is 2.67. The highest BCUT2D eigenvalue weighted by atomic mass is 19.4. The lowest BCUT2D eigenvalue weighted by molar-refractivity contribution is -0.143. The number of benzene rings is 1. The van der Waals surface area contributed by atoms with E-state index in [4.69, 9.17) is 15.2 Å². The fraction of sp³-hybridized carbons (Fsp3) is 0.462. The zero-order valence-corrected chi connectivity index (χ0v) is 11.2. The molecule has 0 amide bonds. The Morgan fingerprint density at radius 2 is 2.00 bits per heavy atom. The first kappa shape index (κ1) is 16.3. The van der Waals surface area contributed by atoms with Crippen LogP contribution in [0.3, 0.4) is 0 Å². The summed E-state index contributed by atoms with van der Waals surface area (Å²) in [7, 11) is 1.26. The Morgan fingerprint density at radius 3 is 2.50 bits per heavy atom. The number of nitrogens with two attached hydrogens (primary N) is 1. The van der Waals surface area contributed by atoms with Gasteiger partial charge in [-0.15, -0.1) is 0 Å². The second-order valence-corrected chi connectivity index (χ2v) is 4.11. The van der Waals surface area contributed by atoms with Crippen molar-refractivity contribution in [1.82, 2.24) is 0 Å². The highest BCUT2D eigenvalue weighted by Crippen LogP contribution is 2.34. The highest BCUT2D eigenvalue weighted by Gasteiger charge is 2.32. The van der Waals surface area contributed by atoms with Crippen LogP contribution in [0.2, 0.25) is 0 Å². The standard InChI is InChI=1S/C13H16F3NO3/c1-3-20-12(18)7-11(17)8-4-9(13(14,15)16)6-10(5-8)19-2/h4-6,11H,3,7,17H2,1-2H3/t11-/m0/s1. The van der Waals surface area contributed by atoms with Gasteiger partial charge >= 0.3 is 12.1 Å². The van der Waals surface area contributed by atoms with Gasteiger partial charge in [-0.25, -0.2) is 0 Å². The summed E-state index contributed by atoms with van der Waals surface area (Å²) in [5.41, 5.74) is 5.04. The number of hydrogen-bond acceptors (Lipinski definition) is 4. The second-order valence-electron chi connectivity index (χ2n) is 4.11. The van der Waals surface area contributed by atoms with Crippen LogP contribution in [0.4, 0.5) is 13.2 Å². The van der Waals surface area contributed by atoms with Crippen molar-refractivity contribution in [3.8, 4) is 5.75 Å². The summed E-state index contributed by atoms with van der Waals surface area (Å²) in [6.45, 7) is 1.83. The van der Waals surface area contributed by atoms with Crippen LogP contribution in [-0.2, 0) is 15.7 Å². The van der Waals surface area contributed by atoms with E-state index in [9.17, 15) is 18.0 Å². The maximum absolute atomic E-state index is 12.7. The Hall–Kier alpha value is -1.76. The zero-order valence-electron chi connectivity index (χ0n) is 11.2. The Balaban J connectivity index is 3.02. The van der Waals surface area contributed by atoms with Crippen molar-refractivity contribution in [1.29, 1.82) is 0 Å². The number of ether oxygens (including phenoxy) is 2. The molecular weight excluding hydrogens is 275 g/mol. The molecule has 1 atom stereocenters. The first-order valence-electron chi connectivity index (χ1n) is 5.95. The lowest BCUT2D eigenvalue weighted by Crippen LogP contribution is -2.18. The zero-order chi connectivity index (χ0) is 15.3. The van der Waals surface area contributed by atoms with Crippen LogP contribution >= 0.6 is 0 Å². The molecule has 0 unspecified atom stereocenters. The van der Waals surface area contributed by atoms with Gasteiger partial charge in [0.2, 0.25) is 0 Å². The molecule has 0 aliphatic heterocycles. The van der Waals surface area contributed by atoms with Gasteiger partial charge in [0.1, 0.15) is 5.75 Å². The van der Waals surface area contributed by atoms with Crippen LogP contribution in [0.5, 0.6) is 5.75 Å². The number of carbonyl (C=O) groups is 1. The molecule has 0 aromatic heterocycles. The van der Waals surface area contributed by atoms with E-state index in [1.54, 1.807) is 6.92 Å². The molecule has 1 rings (SSSR count). The third-order valence-corrected chi connectivity index (χ3v) is 2.61. The van der Waals surface area contributed by atoms with E-state index in [0.29, 0.717) is 0 Å². The summed E-state index contributed by atoms with van der Waals surface area (Å²) in [5, 5.41) is 0. The largest absolute Gasteiger partial charge is 0.497 e. The van der Waals surface area contributed by atoms with E-state index in [0.717, 1.165) is 12.1 Å². The van der Waals surface area contributed by atoms with E-state index < -0.39 is 23.8 Å². The van der Waals surface area contributed by atoms with Gasteiger partial charge in [-0.2, -0.15) is 13.2 Å². The van der Waals surface area contributed by atoms with Crippen LogP contribution < -0.4 is 10.5 Å². The molecule has 0 saturated heterocycles. The molecule has 20 heavy (non-hydrogen) atoms. The number of alkyl halides is 3. The topological polar surface area (TPSA) is 61.5 Å². The van der Waals surface area contributed by atoms with Gasteiger partial charge in [0.05, 0.1) is 25.7 Å². The van der Waals surface area contributed by atoms with Crippen LogP contribution in [0.1, 0.15) is 30.5 Å². The SMILES string of the molecule is CCOC(=O)C[C@H](N)c1cc(OC)cc(C(F)(F)F)c1. The van der Waals surface area contributed by atoms with Gasteiger partial charge in [-0.05, 0) is 30.7 Å². The van der Waals surface area contributed by atoms with Crippen molar-refractivity contribution in [3.05, 3.63) is 29.3 Å². The molecular formula is C13H16F3NO3. The smallest absolute Gasteiger partial charge is 0.416 e. The van der Waals surface area contributed by atoms with E-state index >= 15 is 0 Å². The lowest BCUT2D eigenvalue weighted by Gasteiger charge is -2.15. The molecule has 0 aliphatic rings.